The lowest BCUT2D eigenvalue weighted by atomic mass is 10.0. The predicted octanol–water partition coefficient (Wildman–Crippen LogP) is 10.0. The van der Waals surface area contributed by atoms with Gasteiger partial charge in [-0.15, -0.1) is 0 Å². The van der Waals surface area contributed by atoms with E-state index < -0.39 is 57.1 Å². The van der Waals surface area contributed by atoms with E-state index in [0.29, 0.717) is 76.8 Å². The van der Waals surface area contributed by atoms with Gasteiger partial charge in [-0.05, 0) is 97.3 Å². The molecule has 5 aromatic carbocycles. The maximum atomic E-state index is 14.4. The van der Waals surface area contributed by atoms with E-state index in [2.05, 4.69) is 0 Å². The molecular weight excluding hydrogens is 1010 g/mol. The van der Waals surface area contributed by atoms with Gasteiger partial charge < -0.3 is 37.9 Å². The van der Waals surface area contributed by atoms with Crippen molar-refractivity contribution in [2.45, 2.75) is 64.6 Å². The molecule has 0 saturated heterocycles. The first kappa shape index (κ1) is 55.1. The van der Waals surface area contributed by atoms with Crippen LogP contribution in [0.15, 0.2) is 109 Å². The summed E-state index contributed by atoms with van der Waals surface area (Å²) in [5, 5.41) is 25.6. The molecule has 2 amide bonds. The number of hydrogen-bond donors (Lipinski definition) is 0. The van der Waals surface area contributed by atoms with Crippen LogP contribution >= 0.6 is 11.6 Å². The largest absolute Gasteiger partial charge is 0.494 e. The molecule has 2 heterocycles. The van der Waals surface area contributed by atoms with Crippen LogP contribution in [0.4, 0.5) is 11.4 Å². The van der Waals surface area contributed by atoms with E-state index in [9.17, 15) is 39.4 Å². The number of hydrogen-bond acceptors (Lipinski definition) is 16. The number of amides is 2. The van der Waals surface area contributed by atoms with Gasteiger partial charge in [0, 0.05) is 42.4 Å². The number of rotatable bonds is 24. The Kier molecular flexibility index (Phi) is 18.5. The summed E-state index contributed by atoms with van der Waals surface area (Å²) in [7, 11) is 3.70. The molecule has 7 rings (SSSR count). The van der Waals surface area contributed by atoms with Gasteiger partial charge in [0.15, 0.2) is 23.0 Å². The Hall–Kier alpha value is -8.65. The van der Waals surface area contributed by atoms with Gasteiger partial charge in [0.05, 0.1) is 69.7 Å². The second-order valence-corrected chi connectivity index (χ2v) is 17.6. The molecule has 2 aliphatic heterocycles. The fourth-order valence-corrected chi connectivity index (χ4v) is 8.68. The Morgan fingerprint density at radius 3 is 1.39 bits per heavy atom. The lowest BCUT2D eigenvalue weighted by molar-refractivity contribution is -0.385. The molecular formula is C55H55ClN4O16. The molecule has 0 saturated carbocycles. The standard InChI is InChI=1S/C55H55ClN4O16/c1-6-72-40-19-13-35(14-20-40)37-25-46(54(63)70-4)57(31-37)52(61)42-27-48(69-3)50(29-44(42)59(65)66)74-23-9-8-10-24-75-51-30-45(60(67)68)43(28-49(51)76-33-34-11-17-39(56)18-12-34)53(62)58-32-38(26-47(58)55(64)71-5)36-15-21-41(22-16-36)73-7-2/h11-22,27-32,46-47H,6-10,23-26,33H2,1-5H3/t46?,47-/m0/s1. The number of nitro benzene ring substituents is 2. The lowest BCUT2D eigenvalue weighted by Crippen LogP contribution is -2.39. The van der Waals surface area contributed by atoms with Crippen molar-refractivity contribution in [1.29, 1.82) is 0 Å². The molecule has 0 spiro atoms. The van der Waals surface area contributed by atoms with Crippen LogP contribution in [0.3, 0.4) is 0 Å². The van der Waals surface area contributed by atoms with Crippen LogP contribution in [-0.4, -0.2) is 103 Å². The van der Waals surface area contributed by atoms with Crippen LogP contribution in [-0.2, 0) is 25.7 Å². The third-order valence-electron chi connectivity index (χ3n) is 12.4. The van der Waals surface area contributed by atoms with E-state index in [-0.39, 0.29) is 66.8 Å². The maximum Gasteiger partial charge on any atom is 0.329 e. The van der Waals surface area contributed by atoms with Crippen LogP contribution in [0.25, 0.3) is 11.1 Å². The van der Waals surface area contributed by atoms with E-state index in [1.165, 1.54) is 45.9 Å². The molecule has 5 aromatic rings. The minimum absolute atomic E-state index is 0.00213. The Morgan fingerprint density at radius 2 is 0.987 bits per heavy atom. The van der Waals surface area contributed by atoms with Gasteiger partial charge in [-0.1, -0.05) is 48.0 Å². The Bertz CT molecular complexity index is 3020. The summed E-state index contributed by atoms with van der Waals surface area (Å²) in [6, 6.07) is 23.4. The van der Waals surface area contributed by atoms with E-state index in [4.69, 9.17) is 49.5 Å². The number of carbonyl (C=O) groups is 4. The quantitative estimate of drug-likeness (QED) is 0.0242. The predicted molar refractivity (Wildman–Crippen MR) is 278 cm³/mol. The summed E-state index contributed by atoms with van der Waals surface area (Å²) in [5.41, 5.74) is 1.49. The maximum absolute atomic E-state index is 14.4. The minimum atomic E-state index is -1.12. The third-order valence-corrected chi connectivity index (χ3v) is 12.6. The van der Waals surface area contributed by atoms with Crippen LogP contribution in [0.1, 0.15) is 83.4 Å². The fraction of sp³-hybridized carbons (Fsp3) is 0.309. The fourth-order valence-electron chi connectivity index (χ4n) is 8.56. The first-order valence-corrected chi connectivity index (χ1v) is 24.6. The molecule has 1 unspecified atom stereocenters. The van der Waals surface area contributed by atoms with Crippen molar-refractivity contribution in [3.8, 4) is 34.5 Å². The molecule has 0 bridgehead atoms. The van der Waals surface area contributed by atoms with E-state index in [1.54, 1.807) is 72.8 Å². The highest BCUT2D eigenvalue weighted by Crippen LogP contribution is 2.41. The van der Waals surface area contributed by atoms with Gasteiger partial charge >= 0.3 is 11.9 Å². The van der Waals surface area contributed by atoms with Gasteiger partial charge in [-0.2, -0.15) is 0 Å². The molecule has 20 nitrogen and oxygen atoms in total. The Morgan fingerprint density at radius 1 is 0.566 bits per heavy atom. The molecule has 398 valence electrons. The second kappa shape index (κ2) is 25.5. The number of benzene rings is 5. The van der Waals surface area contributed by atoms with Gasteiger partial charge in [-0.3, -0.25) is 39.6 Å². The number of methoxy groups -OCH3 is 3. The van der Waals surface area contributed by atoms with Gasteiger partial charge in [0.1, 0.15) is 41.3 Å². The van der Waals surface area contributed by atoms with Crippen molar-refractivity contribution < 1.29 is 66.9 Å². The summed E-state index contributed by atoms with van der Waals surface area (Å²) >= 11 is 6.10. The van der Waals surface area contributed by atoms with Crippen molar-refractivity contribution in [2.24, 2.45) is 0 Å². The lowest BCUT2D eigenvalue weighted by Gasteiger charge is -2.22. The minimum Gasteiger partial charge on any atom is -0.494 e. The monoisotopic (exact) mass is 1060 g/mol. The third kappa shape index (κ3) is 13.0. The van der Waals surface area contributed by atoms with E-state index in [0.717, 1.165) is 21.9 Å². The molecule has 2 aliphatic rings. The van der Waals surface area contributed by atoms with E-state index >= 15 is 0 Å². The molecule has 2 atom stereocenters. The summed E-state index contributed by atoms with van der Waals surface area (Å²) in [6.45, 7) is 4.72. The van der Waals surface area contributed by atoms with Crippen molar-refractivity contribution >= 4 is 57.9 Å². The molecule has 0 aromatic heterocycles. The summed E-state index contributed by atoms with van der Waals surface area (Å²) in [6.07, 6.45) is 4.43. The number of halogens is 1. The van der Waals surface area contributed by atoms with Crippen LogP contribution in [0, 0.1) is 20.2 Å². The van der Waals surface area contributed by atoms with Crippen molar-refractivity contribution in [3.05, 3.63) is 163 Å². The topological polar surface area (TPSA) is 235 Å². The van der Waals surface area contributed by atoms with Crippen LogP contribution in [0.5, 0.6) is 34.5 Å². The average Bonchev–Trinajstić information content (AvgIpc) is 4.09. The molecule has 0 N–H and O–H groups in total. The van der Waals surface area contributed by atoms with Crippen LogP contribution < -0.4 is 28.4 Å². The Balaban J connectivity index is 1.05. The van der Waals surface area contributed by atoms with Crippen molar-refractivity contribution in [1.82, 2.24) is 9.80 Å². The second-order valence-electron chi connectivity index (χ2n) is 17.2. The zero-order valence-electron chi connectivity index (χ0n) is 42.3. The van der Waals surface area contributed by atoms with Crippen molar-refractivity contribution in [3.63, 3.8) is 0 Å². The SMILES string of the molecule is CCOc1ccc(C2=CN(C(=O)c3cc(OC)c(OCCCCCOc4cc([N+](=O)[O-])c(C(=O)N5C=C(c6ccc(OCC)cc6)C[C@H]5C(=O)OC)cc4OCc4ccc(Cl)cc4)cc3[N+](=O)[O-])C(C(=O)OC)C2)cc1. The molecule has 0 radical (unpaired) electrons. The van der Waals surface area contributed by atoms with E-state index in [1.807, 2.05) is 13.8 Å². The number of unbranched alkanes of at least 4 members (excludes halogenated alkanes) is 2. The number of nitro groups is 2. The molecule has 0 fully saturated rings. The highest BCUT2D eigenvalue weighted by atomic mass is 35.5. The highest BCUT2D eigenvalue weighted by Gasteiger charge is 2.41. The van der Waals surface area contributed by atoms with Gasteiger partial charge in [0.25, 0.3) is 23.2 Å². The summed E-state index contributed by atoms with van der Waals surface area (Å²) in [4.78, 5) is 80.6. The number of nitrogens with zero attached hydrogens (tertiary/aromatic N) is 4. The summed E-state index contributed by atoms with van der Waals surface area (Å²) < 4.78 is 44.8. The highest BCUT2D eigenvalue weighted by molar-refractivity contribution is 6.30. The molecule has 21 heteroatoms. The normalized spacial score (nSPS) is 14.8. The van der Waals surface area contributed by atoms with Gasteiger partial charge in [0.2, 0.25) is 0 Å². The summed E-state index contributed by atoms with van der Waals surface area (Å²) in [5.74, 6) is -1.80. The first-order chi connectivity index (χ1) is 36.7. The average molecular weight is 1060 g/mol. The number of esters is 2. The number of carbonyl (C=O) groups excluding carboxylic acids is 4. The van der Waals surface area contributed by atoms with Crippen molar-refractivity contribution in [2.75, 3.05) is 47.8 Å². The van der Waals surface area contributed by atoms with Crippen LogP contribution in [0.2, 0.25) is 5.02 Å². The molecule has 0 aliphatic carbocycles. The zero-order chi connectivity index (χ0) is 54.5. The molecule has 76 heavy (non-hydrogen) atoms. The zero-order valence-corrected chi connectivity index (χ0v) is 43.1. The van der Waals surface area contributed by atoms with Gasteiger partial charge in [-0.25, -0.2) is 9.59 Å². The smallest absolute Gasteiger partial charge is 0.329 e. The Labute approximate surface area is 442 Å². The number of ether oxygens (including phenoxy) is 8. The first-order valence-electron chi connectivity index (χ1n) is 24.2.